The van der Waals surface area contributed by atoms with E-state index in [1.54, 1.807) is 6.07 Å². The molecule has 0 atom stereocenters. The van der Waals surface area contributed by atoms with Gasteiger partial charge in [0.15, 0.2) is 0 Å². The van der Waals surface area contributed by atoms with Crippen molar-refractivity contribution in [1.82, 2.24) is 4.84 Å². The van der Waals surface area contributed by atoms with Crippen LogP contribution in [0.25, 0.3) is 0 Å². The molecule has 1 aromatic carbocycles. The second kappa shape index (κ2) is 5.45. The van der Waals surface area contributed by atoms with Crippen LogP contribution in [-0.4, -0.2) is 13.1 Å². The number of nitrogens with zero attached hydrogens (tertiary/aromatic N) is 1. The van der Waals surface area contributed by atoms with Gasteiger partial charge in [0.05, 0.1) is 5.69 Å². The van der Waals surface area contributed by atoms with Crippen molar-refractivity contribution in [2.24, 2.45) is 5.41 Å². The summed E-state index contributed by atoms with van der Waals surface area (Å²) >= 11 is 5.43. The molecule has 2 nitrogen and oxygen atoms in total. The fourth-order valence-corrected chi connectivity index (χ4v) is 2.50. The summed E-state index contributed by atoms with van der Waals surface area (Å²) in [6.07, 6.45) is 2.22. The summed E-state index contributed by atoms with van der Waals surface area (Å²) < 4.78 is 14.0. The van der Waals surface area contributed by atoms with Crippen molar-refractivity contribution in [2.75, 3.05) is 18.0 Å². The van der Waals surface area contributed by atoms with Gasteiger partial charge in [-0.2, -0.15) is 0 Å². The lowest BCUT2D eigenvalue weighted by atomic mass is 9.82. The average molecular weight is 271 g/mol. The van der Waals surface area contributed by atoms with Gasteiger partial charge in [0.1, 0.15) is 5.82 Å². The summed E-state index contributed by atoms with van der Waals surface area (Å²) in [6, 6.07) is 5.34. The van der Waals surface area contributed by atoms with Crippen LogP contribution in [0.5, 0.6) is 0 Å². The minimum atomic E-state index is -0.154. The van der Waals surface area contributed by atoms with E-state index < -0.39 is 0 Å². The lowest BCUT2D eigenvalue weighted by Crippen LogP contribution is -2.37. The van der Waals surface area contributed by atoms with Crippen molar-refractivity contribution in [2.45, 2.75) is 33.2 Å². The molecule has 1 N–H and O–H groups in total. The maximum atomic E-state index is 14.0. The first-order valence-corrected chi connectivity index (χ1v) is 6.76. The number of rotatable bonds is 3. The Balaban J connectivity index is 2.10. The molecule has 0 aliphatic carbocycles. The lowest BCUT2D eigenvalue weighted by molar-refractivity contribution is 0.279. The predicted molar refractivity (Wildman–Crippen MR) is 74.3 cm³/mol. The topological polar surface area (TPSA) is 15.3 Å². The van der Waals surface area contributed by atoms with Crippen LogP contribution in [0.2, 0.25) is 0 Å². The zero-order valence-electron chi connectivity index (χ0n) is 11.0. The molecule has 0 saturated carbocycles. The smallest absolute Gasteiger partial charge is 0.146 e. The minimum Gasteiger partial charge on any atom is -0.369 e. The summed E-state index contributed by atoms with van der Waals surface area (Å²) in [5.74, 6) is -0.154. The molecular weight excluding hydrogens is 251 g/mol. The Morgan fingerprint density at radius 1 is 1.33 bits per heavy atom. The fraction of sp³-hybridized carbons (Fsp3) is 0.571. The molecule has 1 aliphatic rings. The van der Waals surface area contributed by atoms with Gasteiger partial charge in [0, 0.05) is 19.6 Å². The third-order valence-corrected chi connectivity index (χ3v) is 3.87. The summed E-state index contributed by atoms with van der Waals surface area (Å²) in [5.41, 5.74) is 1.96. The predicted octanol–water partition coefficient (Wildman–Crippen LogP) is 3.70. The highest BCUT2D eigenvalue weighted by Gasteiger charge is 2.26. The van der Waals surface area contributed by atoms with Crippen molar-refractivity contribution in [1.29, 1.82) is 0 Å². The van der Waals surface area contributed by atoms with Crippen molar-refractivity contribution < 1.29 is 4.39 Å². The largest absolute Gasteiger partial charge is 0.369 e. The maximum Gasteiger partial charge on any atom is 0.146 e. The molecule has 18 heavy (non-hydrogen) atoms. The minimum absolute atomic E-state index is 0.154. The highest BCUT2D eigenvalue weighted by atomic mass is 35.5. The highest BCUT2D eigenvalue weighted by molar-refractivity contribution is 6.13. The summed E-state index contributed by atoms with van der Waals surface area (Å²) in [4.78, 5) is 4.65. The first-order valence-electron chi connectivity index (χ1n) is 6.39. The quantitative estimate of drug-likeness (QED) is 0.843. The number of nitrogens with one attached hydrogen (secondary N) is 1. The molecule has 1 aliphatic heterocycles. The Kier molecular flexibility index (Phi) is 4.13. The Bertz CT molecular complexity index is 410. The van der Waals surface area contributed by atoms with Gasteiger partial charge in [-0.05, 0) is 47.7 Å². The van der Waals surface area contributed by atoms with E-state index in [4.69, 9.17) is 11.8 Å². The molecule has 0 radical (unpaired) electrons. The molecule has 0 bridgehead atoms. The van der Waals surface area contributed by atoms with E-state index in [1.807, 2.05) is 12.1 Å². The van der Waals surface area contributed by atoms with Crippen molar-refractivity contribution in [3.05, 3.63) is 29.6 Å². The van der Waals surface area contributed by atoms with Gasteiger partial charge in [-0.3, -0.25) is 0 Å². The first-order chi connectivity index (χ1) is 8.52. The molecule has 1 aromatic rings. The first kappa shape index (κ1) is 13.6. The third-order valence-electron chi connectivity index (χ3n) is 3.74. The molecule has 0 unspecified atom stereocenters. The zero-order valence-corrected chi connectivity index (χ0v) is 11.7. The maximum absolute atomic E-state index is 14.0. The van der Waals surface area contributed by atoms with Crippen LogP contribution in [0.1, 0.15) is 32.3 Å². The summed E-state index contributed by atoms with van der Waals surface area (Å²) in [7, 11) is 0. The number of benzene rings is 1. The molecule has 100 valence electrons. The van der Waals surface area contributed by atoms with E-state index in [2.05, 4.69) is 23.6 Å². The van der Waals surface area contributed by atoms with E-state index in [9.17, 15) is 4.39 Å². The fourth-order valence-electron chi connectivity index (χ4n) is 2.35. The molecule has 0 spiro atoms. The lowest BCUT2D eigenvalue weighted by Gasteiger charge is -2.38. The highest BCUT2D eigenvalue weighted by Crippen LogP contribution is 2.33. The normalized spacial score (nSPS) is 19.0. The number of halogens is 2. The van der Waals surface area contributed by atoms with Gasteiger partial charge < -0.3 is 4.90 Å². The van der Waals surface area contributed by atoms with E-state index in [0.717, 1.165) is 31.5 Å². The molecule has 0 aromatic heterocycles. The van der Waals surface area contributed by atoms with Gasteiger partial charge in [-0.25, -0.2) is 9.23 Å². The standard InChI is InChI=1S/C14H20ClFN2/c1-14(2)5-7-18(8-6-14)13-4-3-11(10-17-15)9-12(13)16/h3-4,9,17H,5-8,10H2,1-2H3. The van der Waals surface area contributed by atoms with Gasteiger partial charge >= 0.3 is 0 Å². The van der Waals surface area contributed by atoms with Crippen molar-refractivity contribution >= 4 is 17.5 Å². The van der Waals surface area contributed by atoms with Gasteiger partial charge in [0.25, 0.3) is 0 Å². The number of piperidine rings is 1. The third kappa shape index (κ3) is 3.15. The van der Waals surface area contributed by atoms with E-state index >= 15 is 0 Å². The molecule has 1 saturated heterocycles. The molecule has 1 heterocycles. The monoisotopic (exact) mass is 270 g/mol. The van der Waals surface area contributed by atoms with Crippen LogP contribution in [-0.2, 0) is 6.54 Å². The zero-order chi connectivity index (χ0) is 13.2. The Morgan fingerprint density at radius 2 is 2.00 bits per heavy atom. The SMILES string of the molecule is CC1(C)CCN(c2ccc(CNCl)cc2F)CC1. The van der Waals surface area contributed by atoms with Crippen LogP contribution in [0.4, 0.5) is 10.1 Å². The number of anilines is 1. The second-order valence-corrected chi connectivity index (χ2v) is 6.01. The van der Waals surface area contributed by atoms with Gasteiger partial charge in [-0.1, -0.05) is 19.9 Å². The molecular formula is C14H20ClFN2. The van der Waals surface area contributed by atoms with E-state index in [1.165, 1.54) is 0 Å². The summed E-state index contributed by atoms with van der Waals surface area (Å²) in [5, 5.41) is 0. The summed E-state index contributed by atoms with van der Waals surface area (Å²) in [6.45, 7) is 6.88. The van der Waals surface area contributed by atoms with Crippen molar-refractivity contribution in [3.63, 3.8) is 0 Å². The Labute approximate surface area is 113 Å². The van der Waals surface area contributed by atoms with E-state index in [0.29, 0.717) is 17.6 Å². The van der Waals surface area contributed by atoms with Gasteiger partial charge in [-0.15, -0.1) is 0 Å². The molecule has 0 amide bonds. The number of hydrogen-bond donors (Lipinski definition) is 1. The van der Waals surface area contributed by atoms with Crippen LogP contribution in [0.15, 0.2) is 18.2 Å². The van der Waals surface area contributed by atoms with Crippen LogP contribution in [0.3, 0.4) is 0 Å². The van der Waals surface area contributed by atoms with Gasteiger partial charge in [0.2, 0.25) is 0 Å². The van der Waals surface area contributed by atoms with Crippen molar-refractivity contribution in [3.8, 4) is 0 Å². The van der Waals surface area contributed by atoms with Crippen LogP contribution < -0.4 is 9.74 Å². The average Bonchev–Trinajstić information content (AvgIpc) is 2.31. The van der Waals surface area contributed by atoms with E-state index in [-0.39, 0.29) is 5.82 Å². The molecule has 2 rings (SSSR count). The Morgan fingerprint density at radius 3 is 2.56 bits per heavy atom. The van der Waals surface area contributed by atoms with Crippen LogP contribution in [0, 0.1) is 11.2 Å². The van der Waals surface area contributed by atoms with Crippen LogP contribution >= 0.6 is 11.8 Å². The molecule has 1 fully saturated rings. The second-order valence-electron chi connectivity index (χ2n) is 5.75. The molecule has 4 heteroatoms. The number of hydrogen-bond acceptors (Lipinski definition) is 2. The Hall–Kier alpha value is -0.800.